The van der Waals surface area contributed by atoms with E-state index in [0.29, 0.717) is 22.8 Å². The van der Waals surface area contributed by atoms with Gasteiger partial charge in [0.2, 0.25) is 0 Å². The van der Waals surface area contributed by atoms with E-state index in [9.17, 15) is 9.59 Å². The molecule has 0 saturated heterocycles. The monoisotopic (exact) mass is 498 g/mol. The quantitative estimate of drug-likeness (QED) is 0.223. The van der Waals surface area contributed by atoms with Crippen LogP contribution in [0.1, 0.15) is 22.3 Å². The molecule has 38 heavy (non-hydrogen) atoms. The highest BCUT2D eigenvalue weighted by Gasteiger charge is 2.18. The molecule has 0 atom stereocenters. The van der Waals surface area contributed by atoms with Gasteiger partial charge in [0.25, 0.3) is 0 Å². The fraction of sp³-hybridized carbons (Fsp3) is 0. The van der Waals surface area contributed by atoms with Gasteiger partial charge in [-0.2, -0.15) is 0 Å². The molecule has 3 aromatic carbocycles. The molecule has 0 saturated carbocycles. The Morgan fingerprint density at radius 1 is 0.526 bits per heavy atom. The third-order valence-electron chi connectivity index (χ3n) is 6.36. The second-order valence-corrected chi connectivity index (χ2v) is 8.67. The molecule has 1 aromatic heterocycles. The van der Waals surface area contributed by atoms with Crippen LogP contribution in [0.4, 0.5) is 11.6 Å². The zero-order valence-corrected chi connectivity index (χ0v) is 20.1. The highest BCUT2D eigenvalue weighted by atomic mass is 16.1. The van der Waals surface area contributed by atoms with Crippen molar-refractivity contribution in [3.8, 4) is 0 Å². The molecule has 184 valence electrons. The summed E-state index contributed by atoms with van der Waals surface area (Å²) < 4.78 is 0. The van der Waals surface area contributed by atoms with Crippen molar-refractivity contribution in [1.82, 2.24) is 21.0 Å². The molecule has 2 aliphatic rings. The standard InChI is InChI=1S/C30H22N6O2/c37-27-15-13-19-7-1-3-9-21(19)25(27)17-31-33-29-23-11-5-6-12-24(23)30(36-35-29)34-32-18-26-22-10-4-2-8-20(22)14-16-28(26)38/h1-18,31-32H,(H,33,35)(H,34,36). The minimum absolute atomic E-state index is 0.0803. The first-order chi connectivity index (χ1) is 18.7. The molecule has 0 spiro atoms. The summed E-state index contributed by atoms with van der Waals surface area (Å²) in [4.78, 5) is 24.9. The number of allylic oxidation sites excluding steroid dienone is 4. The van der Waals surface area contributed by atoms with Crippen molar-refractivity contribution in [3.05, 3.63) is 120 Å². The number of rotatable bonds is 6. The van der Waals surface area contributed by atoms with E-state index >= 15 is 0 Å². The van der Waals surface area contributed by atoms with E-state index < -0.39 is 0 Å². The molecule has 0 amide bonds. The topological polar surface area (TPSA) is 108 Å². The molecular formula is C30H22N6O2. The number of fused-ring (bicyclic) bond motifs is 3. The van der Waals surface area contributed by atoms with Crippen molar-refractivity contribution in [3.63, 3.8) is 0 Å². The summed E-state index contributed by atoms with van der Waals surface area (Å²) in [6.07, 6.45) is 10.0. The van der Waals surface area contributed by atoms with E-state index in [4.69, 9.17) is 0 Å². The van der Waals surface area contributed by atoms with E-state index in [1.807, 2.05) is 84.9 Å². The number of carbonyl (C=O) groups is 2. The lowest BCUT2D eigenvalue weighted by atomic mass is 9.92. The van der Waals surface area contributed by atoms with Crippen LogP contribution >= 0.6 is 0 Å². The number of nitrogens with one attached hydrogen (secondary N) is 4. The number of hydrogen-bond donors (Lipinski definition) is 4. The number of hydrogen-bond acceptors (Lipinski definition) is 8. The van der Waals surface area contributed by atoms with E-state index in [2.05, 4.69) is 31.9 Å². The summed E-state index contributed by atoms with van der Waals surface area (Å²) in [5.74, 6) is 0.830. The van der Waals surface area contributed by atoms with Crippen LogP contribution in [-0.4, -0.2) is 21.8 Å². The van der Waals surface area contributed by atoms with Gasteiger partial charge in [0, 0.05) is 34.3 Å². The normalized spacial score (nSPS) is 15.9. The highest BCUT2D eigenvalue weighted by molar-refractivity contribution is 6.30. The second kappa shape index (κ2) is 9.87. The maximum Gasteiger partial charge on any atom is 0.188 e. The first-order valence-corrected chi connectivity index (χ1v) is 12.0. The predicted octanol–water partition coefficient (Wildman–Crippen LogP) is 4.74. The minimum atomic E-state index is -0.0803. The van der Waals surface area contributed by atoms with Gasteiger partial charge in [-0.25, -0.2) is 0 Å². The number of carbonyl (C=O) groups excluding carboxylic acids is 2. The molecule has 2 aliphatic carbocycles. The molecule has 0 bridgehead atoms. The van der Waals surface area contributed by atoms with Crippen molar-refractivity contribution in [2.24, 2.45) is 0 Å². The van der Waals surface area contributed by atoms with Gasteiger partial charge in [-0.15, -0.1) is 10.2 Å². The number of nitrogens with zero attached hydrogens (tertiary/aromatic N) is 2. The van der Waals surface area contributed by atoms with Crippen LogP contribution < -0.4 is 21.7 Å². The van der Waals surface area contributed by atoms with Gasteiger partial charge in [-0.05, 0) is 34.4 Å². The van der Waals surface area contributed by atoms with E-state index in [1.165, 1.54) is 0 Å². The number of aromatic nitrogens is 2. The molecule has 0 aliphatic heterocycles. The summed E-state index contributed by atoms with van der Waals surface area (Å²) in [7, 11) is 0. The largest absolute Gasteiger partial charge is 0.306 e. The van der Waals surface area contributed by atoms with Crippen LogP contribution in [0.3, 0.4) is 0 Å². The molecule has 8 heteroatoms. The average molecular weight is 499 g/mol. The maximum atomic E-state index is 12.5. The van der Waals surface area contributed by atoms with Crippen molar-refractivity contribution < 1.29 is 9.59 Å². The minimum Gasteiger partial charge on any atom is -0.306 e. The van der Waals surface area contributed by atoms with Crippen LogP contribution in [-0.2, 0) is 9.59 Å². The highest BCUT2D eigenvalue weighted by Crippen LogP contribution is 2.28. The van der Waals surface area contributed by atoms with Crippen LogP contribution in [0.2, 0.25) is 0 Å². The Morgan fingerprint density at radius 3 is 1.42 bits per heavy atom. The molecule has 1 heterocycles. The molecule has 4 N–H and O–H groups in total. The van der Waals surface area contributed by atoms with Crippen molar-refractivity contribution in [1.29, 1.82) is 0 Å². The van der Waals surface area contributed by atoms with Gasteiger partial charge in [-0.1, -0.05) is 84.9 Å². The lowest BCUT2D eigenvalue weighted by Crippen LogP contribution is -2.21. The van der Waals surface area contributed by atoms with Crippen molar-refractivity contribution in [2.45, 2.75) is 0 Å². The SMILES string of the molecule is O=C1C=Cc2ccccc2C1=CNNc1nnc(NNC=C2C(=O)C=Cc3ccccc32)c2ccccc12. The third-order valence-corrected chi connectivity index (χ3v) is 6.36. The fourth-order valence-corrected chi connectivity index (χ4v) is 4.49. The smallest absolute Gasteiger partial charge is 0.188 e. The van der Waals surface area contributed by atoms with Gasteiger partial charge in [0.05, 0.1) is 0 Å². The summed E-state index contributed by atoms with van der Waals surface area (Å²) in [5.41, 5.74) is 16.9. The Kier molecular flexibility index (Phi) is 5.95. The van der Waals surface area contributed by atoms with Crippen LogP contribution in [0.25, 0.3) is 34.1 Å². The zero-order valence-electron chi connectivity index (χ0n) is 20.1. The van der Waals surface area contributed by atoms with Gasteiger partial charge < -0.3 is 10.9 Å². The Balaban J connectivity index is 1.21. The Hall–Kier alpha value is -5.50. The van der Waals surface area contributed by atoms with Gasteiger partial charge >= 0.3 is 0 Å². The maximum absolute atomic E-state index is 12.5. The second-order valence-electron chi connectivity index (χ2n) is 8.67. The molecule has 0 unspecified atom stereocenters. The molecule has 0 radical (unpaired) electrons. The summed E-state index contributed by atoms with van der Waals surface area (Å²) in [6, 6.07) is 23.1. The van der Waals surface area contributed by atoms with Crippen molar-refractivity contribution >= 4 is 57.3 Å². The first-order valence-electron chi connectivity index (χ1n) is 12.0. The van der Waals surface area contributed by atoms with E-state index in [0.717, 1.165) is 33.0 Å². The van der Waals surface area contributed by atoms with E-state index in [1.54, 1.807) is 24.6 Å². The van der Waals surface area contributed by atoms with Gasteiger partial charge in [-0.3, -0.25) is 20.4 Å². The average Bonchev–Trinajstić information content (AvgIpc) is 2.96. The van der Waals surface area contributed by atoms with Gasteiger partial charge in [0.15, 0.2) is 23.2 Å². The first kappa shape index (κ1) is 22.9. The molecule has 4 aromatic rings. The summed E-state index contributed by atoms with van der Waals surface area (Å²) >= 11 is 0. The Labute approximate surface area is 218 Å². The van der Waals surface area contributed by atoms with Crippen LogP contribution in [0, 0.1) is 0 Å². The van der Waals surface area contributed by atoms with E-state index in [-0.39, 0.29) is 11.6 Å². The molecule has 0 fully saturated rings. The molecular weight excluding hydrogens is 476 g/mol. The number of anilines is 2. The van der Waals surface area contributed by atoms with Gasteiger partial charge in [0.1, 0.15) is 0 Å². The lowest BCUT2D eigenvalue weighted by molar-refractivity contribution is -0.110. The predicted molar refractivity (Wildman–Crippen MR) is 150 cm³/mol. The Bertz CT molecular complexity index is 1590. The van der Waals surface area contributed by atoms with Crippen LogP contribution in [0.15, 0.2) is 97.3 Å². The summed E-state index contributed by atoms with van der Waals surface area (Å²) in [5, 5.41) is 10.2. The zero-order chi connectivity index (χ0) is 25.9. The lowest BCUT2D eigenvalue weighted by Gasteiger charge is -2.15. The number of hydrazine groups is 2. The third kappa shape index (κ3) is 4.31. The summed E-state index contributed by atoms with van der Waals surface area (Å²) in [6.45, 7) is 0. The van der Waals surface area contributed by atoms with Crippen molar-refractivity contribution in [2.75, 3.05) is 10.9 Å². The number of benzene rings is 3. The van der Waals surface area contributed by atoms with Crippen LogP contribution in [0.5, 0.6) is 0 Å². The molecule has 6 rings (SSSR count). The molecule has 8 nitrogen and oxygen atoms in total. The number of ketones is 2. The Morgan fingerprint density at radius 2 is 0.947 bits per heavy atom. The fourth-order valence-electron chi connectivity index (χ4n) is 4.49.